The molecule has 1 fully saturated rings. The number of halogens is 1. The number of rotatable bonds is 4. The number of hydrogen-bond donors (Lipinski definition) is 2. The van der Waals surface area contributed by atoms with Crippen LogP contribution < -0.4 is 10.6 Å². The van der Waals surface area contributed by atoms with Crippen molar-refractivity contribution in [3.63, 3.8) is 0 Å². The maximum absolute atomic E-state index is 13.2. The minimum Gasteiger partial charge on any atom is -0.379 e. The van der Waals surface area contributed by atoms with Gasteiger partial charge in [-0.3, -0.25) is 4.90 Å². The number of ether oxygens (including phenoxy) is 1. The molecule has 0 aromatic heterocycles. The van der Waals surface area contributed by atoms with Crippen molar-refractivity contribution < 1.29 is 13.9 Å². The molecule has 120 valence electrons. The van der Waals surface area contributed by atoms with E-state index in [4.69, 9.17) is 4.74 Å². The third kappa shape index (κ3) is 3.75. The molecule has 2 aliphatic rings. The fraction of sp³-hybridized carbons (Fsp3) is 0.562. The van der Waals surface area contributed by atoms with Crippen LogP contribution in [0.25, 0.3) is 0 Å². The second-order valence-electron chi connectivity index (χ2n) is 5.79. The van der Waals surface area contributed by atoms with Gasteiger partial charge in [0.05, 0.1) is 19.3 Å². The number of urea groups is 1. The molecule has 0 bridgehead atoms. The van der Waals surface area contributed by atoms with Crippen molar-refractivity contribution in [2.45, 2.75) is 18.9 Å². The summed E-state index contributed by atoms with van der Waals surface area (Å²) in [5, 5.41) is 5.87. The first-order valence-electron chi connectivity index (χ1n) is 7.85. The van der Waals surface area contributed by atoms with E-state index in [-0.39, 0.29) is 17.9 Å². The summed E-state index contributed by atoms with van der Waals surface area (Å²) >= 11 is 0. The Morgan fingerprint density at radius 3 is 3.00 bits per heavy atom. The first-order chi connectivity index (χ1) is 10.7. The molecule has 0 saturated carbocycles. The van der Waals surface area contributed by atoms with Crippen LogP contribution in [-0.4, -0.2) is 50.3 Å². The number of fused-ring (bicyclic) bond motifs is 1. The number of amides is 2. The Hall–Kier alpha value is -1.66. The Labute approximate surface area is 129 Å². The standard InChI is InChI=1S/C16H22FN3O2/c17-13-2-3-14-12(11-13)1-4-15(14)19-16(21)18-5-6-20-7-9-22-10-8-20/h2-3,11,15H,1,4-10H2,(H2,18,19,21). The molecule has 0 radical (unpaired) electrons. The second-order valence-corrected chi connectivity index (χ2v) is 5.79. The number of aryl methyl sites for hydroxylation is 1. The smallest absolute Gasteiger partial charge is 0.315 e. The highest BCUT2D eigenvalue weighted by atomic mass is 19.1. The van der Waals surface area contributed by atoms with E-state index in [1.807, 2.05) is 0 Å². The number of carbonyl (C=O) groups is 1. The topological polar surface area (TPSA) is 53.6 Å². The van der Waals surface area contributed by atoms with E-state index in [1.54, 1.807) is 12.1 Å². The Balaban J connectivity index is 1.43. The Bertz CT molecular complexity index is 532. The number of carbonyl (C=O) groups excluding carboxylic acids is 1. The van der Waals surface area contributed by atoms with E-state index < -0.39 is 0 Å². The monoisotopic (exact) mass is 307 g/mol. The Kier molecular flexibility index (Phi) is 4.90. The Morgan fingerprint density at radius 1 is 1.36 bits per heavy atom. The predicted octanol–water partition coefficient (Wildman–Crippen LogP) is 1.44. The number of hydrogen-bond acceptors (Lipinski definition) is 3. The molecule has 1 aromatic rings. The van der Waals surface area contributed by atoms with Crippen LogP contribution in [0.2, 0.25) is 0 Å². The van der Waals surface area contributed by atoms with Crippen LogP contribution in [0.1, 0.15) is 23.6 Å². The average Bonchev–Trinajstić information content (AvgIpc) is 2.90. The molecule has 22 heavy (non-hydrogen) atoms. The summed E-state index contributed by atoms with van der Waals surface area (Å²) in [5.41, 5.74) is 2.03. The third-order valence-corrected chi connectivity index (χ3v) is 4.31. The maximum Gasteiger partial charge on any atom is 0.315 e. The SMILES string of the molecule is O=C(NCCN1CCOCC1)NC1CCc2cc(F)ccc21. The van der Waals surface area contributed by atoms with Crippen molar-refractivity contribution in [2.24, 2.45) is 0 Å². The Morgan fingerprint density at radius 2 is 2.18 bits per heavy atom. The van der Waals surface area contributed by atoms with Crippen molar-refractivity contribution in [3.05, 3.63) is 35.1 Å². The highest BCUT2D eigenvalue weighted by molar-refractivity contribution is 5.74. The molecule has 1 unspecified atom stereocenters. The van der Waals surface area contributed by atoms with Gasteiger partial charge in [0.1, 0.15) is 5.82 Å². The van der Waals surface area contributed by atoms with Gasteiger partial charge in [-0.25, -0.2) is 9.18 Å². The molecule has 5 nitrogen and oxygen atoms in total. The third-order valence-electron chi connectivity index (χ3n) is 4.31. The zero-order valence-electron chi connectivity index (χ0n) is 12.6. The lowest BCUT2D eigenvalue weighted by molar-refractivity contribution is 0.0387. The summed E-state index contributed by atoms with van der Waals surface area (Å²) in [5.74, 6) is -0.214. The number of morpholine rings is 1. The molecular formula is C16H22FN3O2. The van der Waals surface area contributed by atoms with Crippen LogP contribution >= 0.6 is 0 Å². The van der Waals surface area contributed by atoms with Gasteiger partial charge in [0.15, 0.2) is 0 Å². The van der Waals surface area contributed by atoms with E-state index >= 15 is 0 Å². The summed E-state index contributed by atoms with van der Waals surface area (Å²) in [6.07, 6.45) is 1.64. The molecular weight excluding hydrogens is 285 g/mol. The minimum atomic E-state index is -0.214. The maximum atomic E-state index is 13.2. The van der Waals surface area contributed by atoms with Crippen molar-refractivity contribution in [1.29, 1.82) is 0 Å². The van der Waals surface area contributed by atoms with Gasteiger partial charge in [-0.1, -0.05) is 6.07 Å². The number of nitrogens with one attached hydrogen (secondary N) is 2. The fourth-order valence-corrected chi connectivity index (χ4v) is 3.10. The zero-order valence-corrected chi connectivity index (χ0v) is 12.6. The number of benzene rings is 1. The van der Waals surface area contributed by atoms with Crippen LogP contribution in [0.5, 0.6) is 0 Å². The lowest BCUT2D eigenvalue weighted by Crippen LogP contribution is -2.44. The van der Waals surface area contributed by atoms with E-state index in [0.29, 0.717) is 6.54 Å². The predicted molar refractivity (Wildman–Crippen MR) is 81.3 cm³/mol. The summed E-state index contributed by atoms with van der Waals surface area (Å²) in [6, 6.07) is 4.62. The highest BCUT2D eigenvalue weighted by Crippen LogP contribution is 2.31. The first kappa shape index (κ1) is 15.2. The minimum absolute atomic E-state index is 0.0148. The van der Waals surface area contributed by atoms with E-state index in [0.717, 1.165) is 56.8 Å². The normalized spacial score (nSPS) is 21.4. The number of nitrogens with zero attached hydrogens (tertiary/aromatic N) is 1. The van der Waals surface area contributed by atoms with Gasteiger partial charge in [-0.15, -0.1) is 0 Å². The van der Waals surface area contributed by atoms with E-state index in [1.165, 1.54) is 6.07 Å². The van der Waals surface area contributed by atoms with Gasteiger partial charge in [0.25, 0.3) is 0 Å². The molecule has 6 heteroatoms. The quantitative estimate of drug-likeness (QED) is 0.885. The van der Waals surface area contributed by atoms with Crippen LogP contribution in [-0.2, 0) is 11.2 Å². The van der Waals surface area contributed by atoms with Gasteiger partial charge >= 0.3 is 6.03 Å². The van der Waals surface area contributed by atoms with Gasteiger partial charge in [-0.05, 0) is 36.1 Å². The van der Waals surface area contributed by atoms with Gasteiger partial charge in [0.2, 0.25) is 0 Å². The molecule has 1 aromatic carbocycles. The molecule has 1 heterocycles. The van der Waals surface area contributed by atoms with Gasteiger partial charge in [-0.2, -0.15) is 0 Å². The molecule has 1 aliphatic heterocycles. The van der Waals surface area contributed by atoms with Crippen molar-refractivity contribution in [1.82, 2.24) is 15.5 Å². The summed E-state index contributed by atoms with van der Waals surface area (Å²) in [4.78, 5) is 14.3. The van der Waals surface area contributed by atoms with Crippen molar-refractivity contribution in [2.75, 3.05) is 39.4 Å². The summed E-state index contributed by atoms with van der Waals surface area (Å²) in [6.45, 7) is 4.83. The molecule has 0 spiro atoms. The molecule has 2 N–H and O–H groups in total. The molecule has 3 rings (SSSR count). The second kappa shape index (κ2) is 7.07. The van der Waals surface area contributed by atoms with Gasteiger partial charge < -0.3 is 15.4 Å². The molecule has 1 saturated heterocycles. The molecule has 1 aliphatic carbocycles. The summed E-state index contributed by atoms with van der Waals surface area (Å²) in [7, 11) is 0. The average molecular weight is 307 g/mol. The van der Waals surface area contributed by atoms with Crippen LogP contribution in [0.4, 0.5) is 9.18 Å². The van der Waals surface area contributed by atoms with Crippen LogP contribution in [0.3, 0.4) is 0 Å². The zero-order chi connectivity index (χ0) is 15.4. The van der Waals surface area contributed by atoms with Gasteiger partial charge in [0, 0.05) is 26.2 Å². The van der Waals surface area contributed by atoms with Crippen LogP contribution in [0, 0.1) is 5.82 Å². The van der Waals surface area contributed by atoms with Crippen molar-refractivity contribution in [3.8, 4) is 0 Å². The fourth-order valence-electron chi connectivity index (χ4n) is 3.10. The van der Waals surface area contributed by atoms with Crippen LogP contribution in [0.15, 0.2) is 18.2 Å². The van der Waals surface area contributed by atoms with E-state index in [2.05, 4.69) is 15.5 Å². The molecule has 1 atom stereocenters. The highest BCUT2D eigenvalue weighted by Gasteiger charge is 2.24. The lowest BCUT2D eigenvalue weighted by Gasteiger charge is -2.26. The van der Waals surface area contributed by atoms with Crippen molar-refractivity contribution >= 4 is 6.03 Å². The van der Waals surface area contributed by atoms with E-state index in [9.17, 15) is 9.18 Å². The molecule has 2 amide bonds. The first-order valence-corrected chi connectivity index (χ1v) is 7.85. The lowest BCUT2D eigenvalue weighted by atomic mass is 10.1. The summed E-state index contributed by atoms with van der Waals surface area (Å²) < 4.78 is 18.5. The largest absolute Gasteiger partial charge is 0.379 e.